The molecule has 0 radical (unpaired) electrons. The fourth-order valence-electron chi connectivity index (χ4n) is 2.03. The number of hydrogen-bond donors (Lipinski definition) is 1. The number of carbonyl (C=O) groups is 2. The number of carboxylic acid groups (broad SMARTS) is 1. The molecule has 21 heavy (non-hydrogen) atoms. The summed E-state index contributed by atoms with van der Waals surface area (Å²) in [6.07, 6.45) is 1.49. The number of fused-ring (bicyclic) bond motifs is 1. The lowest BCUT2D eigenvalue weighted by molar-refractivity contribution is 0.0697. The number of rotatable bonds is 2. The zero-order valence-corrected chi connectivity index (χ0v) is 10.7. The number of halogens is 1. The van der Waals surface area contributed by atoms with Crippen molar-refractivity contribution in [2.75, 3.05) is 0 Å². The maximum absolute atomic E-state index is 12.8. The van der Waals surface area contributed by atoms with Gasteiger partial charge < -0.3 is 9.84 Å². The minimum absolute atomic E-state index is 0.0220. The van der Waals surface area contributed by atoms with Crippen LogP contribution >= 0.6 is 0 Å². The van der Waals surface area contributed by atoms with Gasteiger partial charge in [-0.05, 0) is 42.0 Å². The molecule has 0 fully saturated rings. The molecule has 0 spiro atoms. The second-order valence-corrected chi connectivity index (χ2v) is 4.51. The Hall–Kier alpha value is -2.95. The van der Waals surface area contributed by atoms with Gasteiger partial charge in [0.1, 0.15) is 11.6 Å². The standard InChI is InChI=1S/C16H9FO4/c17-11-4-1-9(2-5-11)7-14-15(18)12-8-10(16(19)20)3-6-13(12)21-14/h1-8H,(H,19,20)/b14-7-. The number of allylic oxidation sites excluding steroid dienone is 1. The molecule has 0 amide bonds. The summed E-state index contributed by atoms with van der Waals surface area (Å²) in [5.74, 6) is -1.47. The van der Waals surface area contributed by atoms with Crippen molar-refractivity contribution in [2.45, 2.75) is 0 Å². The van der Waals surface area contributed by atoms with E-state index in [-0.39, 0.29) is 22.7 Å². The molecule has 2 aromatic rings. The Balaban J connectivity index is 1.96. The van der Waals surface area contributed by atoms with Gasteiger partial charge in [-0.2, -0.15) is 0 Å². The lowest BCUT2D eigenvalue weighted by Gasteiger charge is -1.99. The molecule has 3 rings (SSSR count). The van der Waals surface area contributed by atoms with Gasteiger partial charge in [0, 0.05) is 0 Å². The maximum atomic E-state index is 12.8. The van der Waals surface area contributed by atoms with Crippen molar-refractivity contribution in [2.24, 2.45) is 0 Å². The van der Waals surface area contributed by atoms with E-state index in [1.165, 1.54) is 48.5 Å². The van der Waals surface area contributed by atoms with E-state index in [9.17, 15) is 14.0 Å². The average Bonchev–Trinajstić information content (AvgIpc) is 2.77. The first kappa shape index (κ1) is 13.1. The molecular weight excluding hydrogens is 275 g/mol. The molecular formula is C16H9FO4. The Morgan fingerprint density at radius 2 is 1.86 bits per heavy atom. The number of benzene rings is 2. The number of ketones is 1. The number of hydrogen-bond acceptors (Lipinski definition) is 3. The number of carboxylic acids is 1. The SMILES string of the molecule is O=C(O)c1ccc2c(c1)C(=O)/C(=C/c1ccc(F)cc1)O2. The summed E-state index contributed by atoms with van der Waals surface area (Å²) in [4.78, 5) is 23.1. The van der Waals surface area contributed by atoms with E-state index in [1.807, 2.05) is 0 Å². The van der Waals surface area contributed by atoms with Crippen molar-refractivity contribution in [1.82, 2.24) is 0 Å². The lowest BCUT2D eigenvalue weighted by Crippen LogP contribution is -2.00. The number of ether oxygens (including phenoxy) is 1. The van der Waals surface area contributed by atoms with E-state index >= 15 is 0 Å². The maximum Gasteiger partial charge on any atom is 0.335 e. The van der Waals surface area contributed by atoms with Crippen molar-refractivity contribution < 1.29 is 23.8 Å². The van der Waals surface area contributed by atoms with Gasteiger partial charge in [0.05, 0.1) is 11.1 Å². The topological polar surface area (TPSA) is 63.6 Å². The van der Waals surface area contributed by atoms with Crippen LogP contribution in [0.3, 0.4) is 0 Å². The van der Waals surface area contributed by atoms with Gasteiger partial charge in [-0.3, -0.25) is 4.79 Å². The summed E-state index contributed by atoms with van der Waals surface area (Å²) in [6, 6.07) is 9.70. The van der Waals surface area contributed by atoms with Crippen LogP contribution in [0.4, 0.5) is 4.39 Å². The van der Waals surface area contributed by atoms with Crippen molar-refractivity contribution in [3.05, 3.63) is 70.7 Å². The molecule has 5 heteroatoms. The fourth-order valence-corrected chi connectivity index (χ4v) is 2.03. The molecule has 1 heterocycles. The first-order valence-electron chi connectivity index (χ1n) is 6.12. The van der Waals surface area contributed by atoms with Crippen LogP contribution in [0.25, 0.3) is 6.08 Å². The highest BCUT2D eigenvalue weighted by molar-refractivity contribution is 6.15. The second-order valence-electron chi connectivity index (χ2n) is 4.51. The summed E-state index contributed by atoms with van der Waals surface area (Å²) in [6.45, 7) is 0. The van der Waals surface area contributed by atoms with Crippen LogP contribution in [0.1, 0.15) is 26.3 Å². The van der Waals surface area contributed by atoms with E-state index in [4.69, 9.17) is 9.84 Å². The van der Waals surface area contributed by atoms with Gasteiger partial charge >= 0.3 is 5.97 Å². The highest BCUT2D eigenvalue weighted by atomic mass is 19.1. The quantitative estimate of drug-likeness (QED) is 0.860. The van der Waals surface area contributed by atoms with E-state index in [2.05, 4.69) is 0 Å². The summed E-state index contributed by atoms with van der Waals surface area (Å²) in [5.41, 5.74) is 0.850. The fraction of sp³-hybridized carbons (Fsp3) is 0. The van der Waals surface area contributed by atoms with Gasteiger partial charge in [0.25, 0.3) is 0 Å². The van der Waals surface area contributed by atoms with Gasteiger partial charge in [-0.15, -0.1) is 0 Å². The third-order valence-electron chi connectivity index (χ3n) is 3.08. The molecule has 104 valence electrons. The van der Waals surface area contributed by atoms with Crippen molar-refractivity contribution in [3.8, 4) is 5.75 Å². The molecule has 1 aliphatic heterocycles. The van der Waals surface area contributed by atoms with Crippen LogP contribution in [0.2, 0.25) is 0 Å². The first-order chi connectivity index (χ1) is 10.0. The Kier molecular flexibility index (Phi) is 3.02. The summed E-state index contributed by atoms with van der Waals surface area (Å²) < 4.78 is 18.3. The number of carbonyl (C=O) groups excluding carboxylic acids is 1. The zero-order valence-electron chi connectivity index (χ0n) is 10.7. The number of aromatic carboxylic acids is 1. The van der Waals surface area contributed by atoms with Crippen molar-refractivity contribution in [3.63, 3.8) is 0 Å². The van der Waals surface area contributed by atoms with E-state index in [0.717, 1.165) is 0 Å². The molecule has 4 nitrogen and oxygen atoms in total. The molecule has 2 aromatic carbocycles. The van der Waals surface area contributed by atoms with E-state index in [1.54, 1.807) is 0 Å². The lowest BCUT2D eigenvalue weighted by atomic mass is 10.1. The molecule has 0 atom stereocenters. The van der Waals surface area contributed by atoms with Crippen LogP contribution in [-0.2, 0) is 0 Å². The minimum atomic E-state index is -1.11. The average molecular weight is 284 g/mol. The zero-order chi connectivity index (χ0) is 15.0. The molecule has 0 aliphatic carbocycles. The second kappa shape index (κ2) is 4.86. The summed E-state index contributed by atoms with van der Waals surface area (Å²) in [7, 11) is 0. The van der Waals surface area contributed by atoms with Crippen molar-refractivity contribution in [1.29, 1.82) is 0 Å². The normalized spacial score (nSPS) is 14.9. The molecule has 0 saturated heterocycles. The molecule has 0 aromatic heterocycles. The van der Waals surface area contributed by atoms with E-state index < -0.39 is 11.8 Å². The molecule has 0 bridgehead atoms. The Bertz CT molecular complexity index is 775. The Morgan fingerprint density at radius 1 is 1.14 bits per heavy atom. The van der Waals surface area contributed by atoms with Crippen LogP contribution < -0.4 is 4.74 Å². The molecule has 1 aliphatic rings. The third kappa shape index (κ3) is 2.41. The van der Waals surface area contributed by atoms with E-state index in [0.29, 0.717) is 11.3 Å². The largest absolute Gasteiger partial charge is 0.478 e. The smallest absolute Gasteiger partial charge is 0.335 e. The van der Waals surface area contributed by atoms with Crippen LogP contribution in [0, 0.1) is 5.82 Å². The summed E-state index contributed by atoms with van der Waals surface area (Å²) >= 11 is 0. The highest BCUT2D eigenvalue weighted by Gasteiger charge is 2.28. The van der Waals surface area contributed by atoms with Crippen LogP contribution in [0.15, 0.2) is 48.2 Å². The molecule has 1 N–H and O–H groups in total. The summed E-state index contributed by atoms with van der Waals surface area (Å²) in [5, 5.41) is 8.93. The Labute approximate surface area is 119 Å². The highest BCUT2D eigenvalue weighted by Crippen LogP contribution is 2.32. The predicted molar refractivity (Wildman–Crippen MR) is 72.7 cm³/mol. The van der Waals surface area contributed by atoms with Crippen LogP contribution in [0.5, 0.6) is 5.75 Å². The first-order valence-corrected chi connectivity index (χ1v) is 6.12. The van der Waals surface area contributed by atoms with Gasteiger partial charge in [0.15, 0.2) is 5.76 Å². The number of Topliss-reactive ketones (excluding diaryl/α,β-unsaturated/α-hetero) is 1. The Morgan fingerprint density at radius 3 is 2.52 bits per heavy atom. The van der Waals surface area contributed by atoms with Crippen LogP contribution in [-0.4, -0.2) is 16.9 Å². The third-order valence-corrected chi connectivity index (χ3v) is 3.08. The molecule has 0 unspecified atom stereocenters. The minimum Gasteiger partial charge on any atom is -0.478 e. The van der Waals surface area contributed by atoms with Crippen molar-refractivity contribution >= 4 is 17.8 Å². The molecule has 0 saturated carbocycles. The predicted octanol–water partition coefficient (Wildman–Crippen LogP) is 3.14. The van der Waals surface area contributed by atoms with Gasteiger partial charge in [0.2, 0.25) is 5.78 Å². The van der Waals surface area contributed by atoms with Gasteiger partial charge in [-0.25, -0.2) is 9.18 Å². The monoisotopic (exact) mass is 284 g/mol. The van der Waals surface area contributed by atoms with Gasteiger partial charge in [-0.1, -0.05) is 12.1 Å².